The van der Waals surface area contributed by atoms with Gasteiger partial charge >= 0.3 is 0 Å². The third kappa shape index (κ3) is 4.62. The molecule has 4 heteroatoms. The van der Waals surface area contributed by atoms with Crippen LogP contribution in [0.25, 0.3) is 0 Å². The molecule has 2 aliphatic heterocycles. The summed E-state index contributed by atoms with van der Waals surface area (Å²) in [6.07, 6.45) is 4.86. The molecule has 4 nitrogen and oxygen atoms in total. The number of nitrogens with zero attached hydrogens (tertiary/aromatic N) is 3. The summed E-state index contributed by atoms with van der Waals surface area (Å²) >= 11 is 0. The van der Waals surface area contributed by atoms with Crippen molar-refractivity contribution in [1.29, 1.82) is 0 Å². The molecule has 0 radical (unpaired) electrons. The van der Waals surface area contributed by atoms with Crippen molar-refractivity contribution in [3.05, 3.63) is 71.8 Å². The lowest BCUT2D eigenvalue weighted by molar-refractivity contribution is -0.123. The van der Waals surface area contributed by atoms with E-state index >= 15 is 0 Å². The van der Waals surface area contributed by atoms with E-state index in [1.54, 1.807) is 0 Å². The van der Waals surface area contributed by atoms with E-state index in [-0.39, 0.29) is 0 Å². The van der Waals surface area contributed by atoms with E-state index in [1.165, 1.54) is 36.9 Å². The summed E-state index contributed by atoms with van der Waals surface area (Å²) in [7, 11) is 0. The third-order valence-electron chi connectivity index (χ3n) is 8.09. The van der Waals surface area contributed by atoms with Crippen LogP contribution in [0.3, 0.4) is 0 Å². The van der Waals surface area contributed by atoms with Crippen molar-refractivity contribution in [2.24, 2.45) is 17.8 Å². The molecule has 2 aromatic rings. The second kappa shape index (κ2) is 9.76. The van der Waals surface area contributed by atoms with Crippen LogP contribution in [0.4, 0.5) is 0 Å². The minimum Gasteiger partial charge on any atom is -0.342 e. The predicted molar refractivity (Wildman–Crippen MR) is 129 cm³/mol. The van der Waals surface area contributed by atoms with Crippen molar-refractivity contribution in [3.8, 4) is 0 Å². The first-order valence-electron chi connectivity index (χ1n) is 12.5. The van der Waals surface area contributed by atoms with Crippen molar-refractivity contribution < 1.29 is 4.79 Å². The van der Waals surface area contributed by atoms with Gasteiger partial charge in [-0.1, -0.05) is 67.6 Å². The lowest BCUT2D eigenvalue weighted by atomic mass is 9.87. The van der Waals surface area contributed by atoms with Gasteiger partial charge in [0.1, 0.15) is 0 Å². The van der Waals surface area contributed by atoms with Gasteiger partial charge in [-0.05, 0) is 48.1 Å². The van der Waals surface area contributed by atoms with Crippen LogP contribution in [0.15, 0.2) is 60.7 Å². The zero-order valence-electron chi connectivity index (χ0n) is 19.4. The molecule has 4 unspecified atom stereocenters. The Balaban J connectivity index is 1.19. The Hall–Kier alpha value is -2.17. The average molecular weight is 432 g/mol. The largest absolute Gasteiger partial charge is 0.342 e. The van der Waals surface area contributed by atoms with Gasteiger partial charge in [-0.15, -0.1) is 0 Å². The molecule has 32 heavy (non-hydrogen) atoms. The fourth-order valence-corrected chi connectivity index (χ4v) is 6.35. The molecule has 1 amide bonds. The standard InChI is InChI=1S/C28H37N3O/c1-22-9-8-14-31(21-32)27(22)26-19-25(26)20-29-15-17-30(18-16-29)28(23-10-4-2-5-11-23)24-12-6-3-7-13-24/h2-7,10-13,21-22,25-28H,8-9,14-20H2,1H3. The second-order valence-corrected chi connectivity index (χ2v) is 10.2. The highest BCUT2D eigenvalue weighted by molar-refractivity contribution is 5.48. The molecule has 1 aliphatic carbocycles. The molecule has 3 fully saturated rings. The Morgan fingerprint density at radius 2 is 1.53 bits per heavy atom. The topological polar surface area (TPSA) is 26.8 Å². The summed E-state index contributed by atoms with van der Waals surface area (Å²) in [5.41, 5.74) is 2.77. The second-order valence-electron chi connectivity index (χ2n) is 10.2. The van der Waals surface area contributed by atoms with Crippen molar-refractivity contribution >= 4 is 6.41 Å². The Morgan fingerprint density at radius 1 is 0.906 bits per heavy atom. The molecule has 4 atom stereocenters. The fourth-order valence-electron chi connectivity index (χ4n) is 6.35. The van der Waals surface area contributed by atoms with E-state index in [4.69, 9.17) is 0 Å². The molecular weight excluding hydrogens is 394 g/mol. The number of piperazine rings is 1. The SMILES string of the molecule is CC1CCCN(C=O)C1C1CC1CN1CCN(C(c2ccccc2)c2ccccc2)CC1. The number of likely N-dealkylation sites (tertiary alicyclic amines) is 1. The summed E-state index contributed by atoms with van der Waals surface area (Å²) in [6.45, 7) is 8.99. The maximum atomic E-state index is 11.6. The van der Waals surface area contributed by atoms with Gasteiger partial charge in [-0.25, -0.2) is 0 Å². The summed E-state index contributed by atoms with van der Waals surface area (Å²) in [5.74, 6) is 2.14. The normalized spacial score (nSPS) is 29.2. The molecule has 1 saturated carbocycles. The molecule has 2 aromatic carbocycles. The van der Waals surface area contributed by atoms with Crippen molar-refractivity contribution in [3.63, 3.8) is 0 Å². The number of rotatable bonds is 7. The zero-order chi connectivity index (χ0) is 21.9. The lowest BCUT2D eigenvalue weighted by Crippen LogP contribution is -2.49. The van der Waals surface area contributed by atoms with Crippen molar-refractivity contribution in [2.75, 3.05) is 39.3 Å². The molecule has 0 N–H and O–H groups in total. The third-order valence-corrected chi connectivity index (χ3v) is 8.09. The number of piperidine rings is 1. The van der Waals surface area contributed by atoms with Gasteiger partial charge in [0, 0.05) is 45.3 Å². The minimum absolute atomic E-state index is 0.331. The maximum absolute atomic E-state index is 11.6. The molecule has 2 heterocycles. The van der Waals surface area contributed by atoms with Crippen LogP contribution in [0, 0.1) is 17.8 Å². The molecule has 5 rings (SSSR count). The smallest absolute Gasteiger partial charge is 0.209 e. The molecule has 170 valence electrons. The Labute approximate surface area is 193 Å². The monoisotopic (exact) mass is 431 g/mol. The van der Waals surface area contributed by atoms with E-state index in [9.17, 15) is 4.79 Å². The highest BCUT2D eigenvalue weighted by atomic mass is 16.1. The van der Waals surface area contributed by atoms with Gasteiger partial charge in [-0.3, -0.25) is 9.69 Å². The Bertz CT molecular complexity index is 825. The number of hydrogen-bond acceptors (Lipinski definition) is 3. The molecule has 3 aliphatic rings. The summed E-state index contributed by atoms with van der Waals surface area (Å²) in [4.78, 5) is 19.0. The first kappa shape index (κ1) is 21.7. The van der Waals surface area contributed by atoms with Gasteiger partial charge in [0.15, 0.2) is 0 Å². The number of amides is 1. The summed E-state index contributed by atoms with van der Waals surface area (Å²) in [6, 6.07) is 22.7. The van der Waals surface area contributed by atoms with Gasteiger partial charge in [-0.2, -0.15) is 0 Å². The van der Waals surface area contributed by atoms with Crippen LogP contribution >= 0.6 is 0 Å². The predicted octanol–water partition coefficient (Wildman–Crippen LogP) is 4.29. The fraction of sp³-hybridized carbons (Fsp3) is 0.536. The summed E-state index contributed by atoms with van der Waals surface area (Å²) in [5, 5.41) is 0. The Kier molecular flexibility index (Phi) is 6.61. The average Bonchev–Trinajstić information content (AvgIpc) is 3.60. The Morgan fingerprint density at radius 3 is 2.12 bits per heavy atom. The van der Waals surface area contributed by atoms with Gasteiger partial charge in [0.25, 0.3) is 0 Å². The number of hydrogen-bond donors (Lipinski definition) is 0. The molecule has 2 saturated heterocycles. The van der Waals surface area contributed by atoms with Crippen LogP contribution in [-0.2, 0) is 4.79 Å². The molecule has 0 spiro atoms. The van der Waals surface area contributed by atoms with Crippen molar-refractivity contribution in [2.45, 2.75) is 38.3 Å². The zero-order valence-corrected chi connectivity index (χ0v) is 19.4. The molecular formula is C28H37N3O. The van der Waals surface area contributed by atoms with Crippen molar-refractivity contribution in [1.82, 2.24) is 14.7 Å². The number of benzene rings is 2. The number of carbonyl (C=O) groups excluding carboxylic acids is 1. The van der Waals surface area contributed by atoms with Gasteiger partial charge in [0.2, 0.25) is 6.41 Å². The van der Waals surface area contributed by atoms with Crippen LogP contribution in [0.5, 0.6) is 0 Å². The first-order valence-corrected chi connectivity index (χ1v) is 12.5. The van der Waals surface area contributed by atoms with Crippen LogP contribution < -0.4 is 0 Å². The van der Waals surface area contributed by atoms with Gasteiger partial charge in [0.05, 0.1) is 6.04 Å². The molecule has 0 aromatic heterocycles. The maximum Gasteiger partial charge on any atom is 0.209 e. The number of carbonyl (C=O) groups is 1. The lowest BCUT2D eigenvalue weighted by Gasteiger charge is -2.40. The van der Waals surface area contributed by atoms with Crippen LogP contribution in [0.2, 0.25) is 0 Å². The van der Waals surface area contributed by atoms with E-state index < -0.39 is 0 Å². The van der Waals surface area contributed by atoms with E-state index in [2.05, 4.69) is 82.3 Å². The highest BCUT2D eigenvalue weighted by Gasteiger charge is 2.48. The quantitative estimate of drug-likeness (QED) is 0.612. The summed E-state index contributed by atoms with van der Waals surface area (Å²) < 4.78 is 0. The minimum atomic E-state index is 0.331. The van der Waals surface area contributed by atoms with E-state index in [0.29, 0.717) is 18.0 Å². The van der Waals surface area contributed by atoms with E-state index in [1.807, 2.05) is 0 Å². The molecule has 0 bridgehead atoms. The highest BCUT2D eigenvalue weighted by Crippen LogP contribution is 2.47. The first-order chi connectivity index (χ1) is 15.7. The van der Waals surface area contributed by atoms with Crippen LogP contribution in [0.1, 0.15) is 43.4 Å². The van der Waals surface area contributed by atoms with E-state index in [0.717, 1.165) is 51.0 Å². The van der Waals surface area contributed by atoms with Gasteiger partial charge < -0.3 is 9.80 Å². The van der Waals surface area contributed by atoms with Crippen LogP contribution in [-0.4, -0.2) is 66.4 Å².